The summed E-state index contributed by atoms with van der Waals surface area (Å²) >= 11 is 1.75. The highest BCUT2D eigenvalue weighted by molar-refractivity contribution is 14.0. The largest absolute Gasteiger partial charge is 0.357 e. The Hall–Kier alpha value is -1.26. The van der Waals surface area contributed by atoms with Crippen molar-refractivity contribution in [2.24, 2.45) is 4.99 Å². The second kappa shape index (κ2) is 12.3. The van der Waals surface area contributed by atoms with Crippen molar-refractivity contribution in [1.29, 1.82) is 0 Å². The van der Waals surface area contributed by atoms with Crippen LogP contribution in [0.4, 0.5) is 4.39 Å². The Morgan fingerprint density at radius 1 is 1.21 bits per heavy atom. The number of thiazole rings is 1. The quantitative estimate of drug-likeness (QED) is 0.316. The third-order valence-corrected chi connectivity index (χ3v) is 5.48. The van der Waals surface area contributed by atoms with E-state index in [9.17, 15) is 4.39 Å². The molecule has 0 aliphatic rings. The van der Waals surface area contributed by atoms with Gasteiger partial charge in [0, 0.05) is 24.4 Å². The topological polar surface area (TPSA) is 52.6 Å². The molecule has 2 N–H and O–H groups in total. The average Bonchev–Trinajstić information content (AvgIpc) is 2.94. The van der Waals surface area contributed by atoms with E-state index in [2.05, 4.69) is 27.4 Å². The fourth-order valence-electron chi connectivity index (χ4n) is 2.71. The summed E-state index contributed by atoms with van der Waals surface area (Å²) in [5.41, 5.74) is 2.17. The Bertz CT molecular complexity index is 726. The summed E-state index contributed by atoms with van der Waals surface area (Å²) in [5, 5.41) is 7.81. The number of hydrogen-bond acceptors (Lipinski definition) is 4. The summed E-state index contributed by atoms with van der Waals surface area (Å²) < 4.78 is 13.2. The van der Waals surface area contributed by atoms with Gasteiger partial charge in [-0.2, -0.15) is 0 Å². The molecule has 1 aromatic heterocycles. The number of likely N-dealkylation sites (N-methyl/N-ethyl adjacent to an activating group) is 1. The van der Waals surface area contributed by atoms with Crippen LogP contribution < -0.4 is 10.6 Å². The van der Waals surface area contributed by atoms with Crippen molar-refractivity contribution in [2.45, 2.75) is 33.2 Å². The molecule has 0 spiro atoms. The van der Waals surface area contributed by atoms with Gasteiger partial charge in [0.2, 0.25) is 0 Å². The van der Waals surface area contributed by atoms with Gasteiger partial charge in [0.1, 0.15) is 5.82 Å². The van der Waals surface area contributed by atoms with Crippen LogP contribution in [0, 0.1) is 19.7 Å². The van der Waals surface area contributed by atoms with Crippen molar-refractivity contribution < 1.29 is 4.39 Å². The van der Waals surface area contributed by atoms with E-state index in [1.807, 2.05) is 40.1 Å². The molecule has 0 saturated heterocycles. The van der Waals surface area contributed by atoms with Gasteiger partial charge in [-0.3, -0.25) is 4.99 Å². The molecule has 1 aromatic carbocycles. The first-order valence-electron chi connectivity index (χ1n) is 9.27. The molecule has 0 aliphatic carbocycles. The van der Waals surface area contributed by atoms with Crippen molar-refractivity contribution in [3.63, 3.8) is 0 Å². The first-order chi connectivity index (χ1) is 12.9. The van der Waals surface area contributed by atoms with E-state index in [0.29, 0.717) is 6.54 Å². The summed E-state index contributed by atoms with van der Waals surface area (Å²) in [7, 11) is 4.02. The van der Waals surface area contributed by atoms with Crippen molar-refractivity contribution in [1.82, 2.24) is 20.5 Å². The molecule has 1 heterocycles. The number of aryl methyl sites for hydroxylation is 2. The third kappa shape index (κ3) is 7.63. The molecule has 8 heteroatoms. The maximum atomic E-state index is 13.2. The summed E-state index contributed by atoms with van der Waals surface area (Å²) in [6.07, 6.45) is 0.874. The van der Waals surface area contributed by atoms with Gasteiger partial charge in [0.25, 0.3) is 0 Å². The molecule has 5 nitrogen and oxygen atoms in total. The lowest BCUT2D eigenvalue weighted by molar-refractivity contribution is 0.306. The van der Waals surface area contributed by atoms with E-state index >= 15 is 0 Å². The minimum atomic E-state index is -0.220. The van der Waals surface area contributed by atoms with Gasteiger partial charge in [0.05, 0.1) is 23.3 Å². The maximum absolute atomic E-state index is 13.2. The van der Waals surface area contributed by atoms with E-state index in [-0.39, 0.29) is 35.8 Å². The second-order valence-corrected chi connectivity index (χ2v) is 7.96. The van der Waals surface area contributed by atoms with E-state index in [0.717, 1.165) is 41.7 Å². The lowest BCUT2D eigenvalue weighted by Gasteiger charge is -2.23. The van der Waals surface area contributed by atoms with Crippen molar-refractivity contribution in [3.8, 4) is 0 Å². The minimum absolute atomic E-state index is 0. The van der Waals surface area contributed by atoms with Gasteiger partial charge < -0.3 is 15.5 Å². The second-order valence-electron chi connectivity index (χ2n) is 6.68. The molecule has 156 valence electrons. The fourth-order valence-corrected chi connectivity index (χ4v) is 3.64. The lowest BCUT2D eigenvalue weighted by atomic mass is 10.1. The Kier molecular flexibility index (Phi) is 10.9. The van der Waals surface area contributed by atoms with Gasteiger partial charge >= 0.3 is 0 Å². The smallest absolute Gasteiger partial charge is 0.191 e. The molecule has 0 aliphatic heterocycles. The number of hydrogen-bond donors (Lipinski definition) is 2. The zero-order chi connectivity index (χ0) is 19.8. The van der Waals surface area contributed by atoms with Crippen LogP contribution in [0.15, 0.2) is 29.3 Å². The Balaban J connectivity index is 0.00000392. The normalized spacial score (nSPS) is 12.6. The highest BCUT2D eigenvalue weighted by atomic mass is 127. The molecule has 2 rings (SSSR count). The molecular weight excluding hydrogens is 488 g/mol. The predicted molar refractivity (Wildman–Crippen MR) is 128 cm³/mol. The number of rotatable bonds is 8. The number of nitrogens with one attached hydrogen (secondary N) is 2. The van der Waals surface area contributed by atoms with E-state index < -0.39 is 0 Å². The van der Waals surface area contributed by atoms with E-state index in [1.54, 1.807) is 11.3 Å². The van der Waals surface area contributed by atoms with Crippen LogP contribution in [0.2, 0.25) is 0 Å². The Labute approximate surface area is 188 Å². The predicted octanol–water partition coefficient (Wildman–Crippen LogP) is 3.92. The SMILES string of the molecule is CCNC(=NCC(c1ccc(F)cc1)N(C)C)NCCc1nc(C)c(C)s1.I. The first kappa shape index (κ1) is 24.8. The molecule has 0 amide bonds. The molecule has 0 fully saturated rings. The highest BCUT2D eigenvalue weighted by Gasteiger charge is 2.14. The summed E-state index contributed by atoms with van der Waals surface area (Å²) in [6, 6.07) is 6.73. The standard InChI is InChI=1S/C20H30FN5S.HI/c1-6-22-20(23-12-11-19-25-14(2)15(3)27-19)24-13-18(26(4)5)16-7-9-17(21)10-8-16;/h7-10,18H,6,11-13H2,1-5H3,(H2,22,23,24);1H. The third-order valence-electron chi connectivity index (χ3n) is 4.35. The molecular formula is C20H31FIN5S. The molecule has 0 saturated carbocycles. The first-order valence-corrected chi connectivity index (χ1v) is 10.1. The Morgan fingerprint density at radius 3 is 2.43 bits per heavy atom. The number of guanidine groups is 1. The van der Waals surface area contributed by atoms with Crippen molar-refractivity contribution in [2.75, 3.05) is 33.7 Å². The highest BCUT2D eigenvalue weighted by Crippen LogP contribution is 2.19. The monoisotopic (exact) mass is 519 g/mol. The van der Waals surface area contributed by atoms with Crippen molar-refractivity contribution >= 4 is 41.3 Å². The number of benzene rings is 1. The molecule has 28 heavy (non-hydrogen) atoms. The van der Waals surface area contributed by atoms with Gasteiger partial charge in [-0.15, -0.1) is 35.3 Å². The van der Waals surface area contributed by atoms with Gasteiger partial charge in [-0.1, -0.05) is 12.1 Å². The van der Waals surface area contributed by atoms with Crippen LogP contribution in [0.3, 0.4) is 0 Å². The number of halogens is 2. The molecule has 1 unspecified atom stereocenters. The zero-order valence-electron chi connectivity index (χ0n) is 17.3. The van der Waals surface area contributed by atoms with Gasteiger partial charge in [-0.25, -0.2) is 9.37 Å². The summed E-state index contributed by atoms with van der Waals surface area (Å²) in [4.78, 5) is 12.7. The minimum Gasteiger partial charge on any atom is -0.357 e. The average molecular weight is 519 g/mol. The summed E-state index contributed by atoms with van der Waals surface area (Å²) in [6.45, 7) is 8.36. The van der Waals surface area contributed by atoms with Crippen LogP contribution in [-0.4, -0.2) is 49.6 Å². The molecule has 0 bridgehead atoms. The number of nitrogens with zero attached hydrogens (tertiary/aromatic N) is 3. The van der Waals surface area contributed by atoms with E-state index in [4.69, 9.17) is 4.99 Å². The van der Waals surface area contributed by atoms with Crippen LogP contribution in [-0.2, 0) is 6.42 Å². The van der Waals surface area contributed by atoms with E-state index in [1.165, 1.54) is 17.0 Å². The molecule has 2 aromatic rings. The number of aliphatic imine (C=N–C) groups is 1. The maximum Gasteiger partial charge on any atom is 0.191 e. The van der Waals surface area contributed by atoms with Crippen LogP contribution >= 0.6 is 35.3 Å². The lowest BCUT2D eigenvalue weighted by Crippen LogP contribution is -2.39. The van der Waals surface area contributed by atoms with Crippen LogP contribution in [0.1, 0.15) is 34.1 Å². The number of aromatic nitrogens is 1. The van der Waals surface area contributed by atoms with Crippen LogP contribution in [0.25, 0.3) is 0 Å². The fraction of sp³-hybridized carbons (Fsp3) is 0.500. The Morgan fingerprint density at radius 2 is 1.89 bits per heavy atom. The van der Waals surface area contributed by atoms with Crippen molar-refractivity contribution in [3.05, 3.63) is 51.2 Å². The van der Waals surface area contributed by atoms with Crippen LogP contribution in [0.5, 0.6) is 0 Å². The molecule has 1 atom stereocenters. The zero-order valence-corrected chi connectivity index (χ0v) is 20.4. The molecule has 0 radical (unpaired) electrons. The van der Waals surface area contributed by atoms with Gasteiger partial charge in [0.15, 0.2) is 5.96 Å². The summed E-state index contributed by atoms with van der Waals surface area (Å²) in [5.74, 6) is 0.568. The van der Waals surface area contributed by atoms with Gasteiger partial charge in [-0.05, 0) is 52.6 Å².